The lowest BCUT2D eigenvalue weighted by Crippen LogP contribution is -2.40. The van der Waals surface area contributed by atoms with Crippen LogP contribution in [0.4, 0.5) is 0 Å². The van der Waals surface area contributed by atoms with Crippen LogP contribution in [0.5, 0.6) is 0 Å². The first-order valence-electron chi connectivity index (χ1n) is 7.76. The van der Waals surface area contributed by atoms with E-state index in [1.54, 1.807) is 6.20 Å². The molecule has 6 heteroatoms. The van der Waals surface area contributed by atoms with Crippen molar-refractivity contribution < 1.29 is 4.79 Å². The third-order valence-electron chi connectivity index (χ3n) is 4.44. The maximum Gasteiger partial charge on any atom is 0.270 e. The Morgan fingerprint density at radius 2 is 2.26 bits per heavy atom. The smallest absolute Gasteiger partial charge is 0.270 e. The number of nitrogens with zero attached hydrogens (tertiary/aromatic N) is 3. The number of fused-ring (bicyclic) bond motifs is 1. The molecular weight excluding hydrogens is 312 g/mol. The Bertz CT molecular complexity index is 840. The number of carbonyl (C=O) groups is 1. The van der Waals surface area contributed by atoms with E-state index in [-0.39, 0.29) is 5.91 Å². The van der Waals surface area contributed by atoms with Gasteiger partial charge in [0.2, 0.25) is 0 Å². The molecule has 1 atom stereocenters. The van der Waals surface area contributed by atoms with Crippen molar-refractivity contribution in [3.8, 4) is 0 Å². The van der Waals surface area contributed by atoms with Gasteiger partial charge in [0.25, 0.3) is 5.91 Å². The Kier molecular flexibility index (Phi) is 3.58. The van der Waals surface area contributed by atoms with Crippen molar-refractivity contribution >= 4 is 28.4 Å². The fraction of sp³-hybridized carbons (Fsp3) is 0.294. The molecule has 0 radical (unpaired) electrons. The van der Waals surface area contributed by atoms with Gasteiger partial charge in [-0.3, -0.25) is 4.79 Å². The van der Waals surface area contributed by atoms with Crippen LogP contribution in [0.25, 0.3) is 10.9 Å². The van der Waals surface area contributed by atoms with Crippen molar-refractivity contribution in [3.05, 3.63) is 53.7 Å². The van der Waals surface area contributed by atoms with Gasteiger partial charge < -0.3 is 14.5 Å². The Labute approximate surface area is 138 Å². The van der Waals surface area contributed by atoms with Gasteiger partial charge in [0.15, 0.2) is 0 Å². The highest BCUT2D eigenvalue weighted by atomic mass is 35.5. The van der Waals surface area contributed by atoms with E-state index in [0.29, 0.717) is 23.3 Å². The largest absolute Gasteiger partial charge is 0.351 e. The predicted octanol–water partition coefficient (Wildman–Crippen LogP) is 3.50. The standard InChI is InChI=1S/C17H17ClN4O/c18-13-3-4-15-12(8-13)9-16(20-15)17(23)21-6-1-2-14(10-21)22-7-5-19-11-22/h3-5,7-9,11,14,20H,1-2,6,10H2. The number of aromatic amines is 1. The van der Waals surface area contributed by atoms with E-state index >= 15 is 0 Å². The summed E-state index contributed by atoms with van der Waals surface area (Å²) in [6.45, 7) is 1.51. The van der Waals surface area contributed by atoms with Crippen LogP contribution in [0.1, 0.15) is 29.4 Å². The van der Waals surface area contributed by atoms with Crippen LogP contribution in [-0.2, 0) is 0 Å². The van der Waals surface area contributed by atoms with Crippen LogP contribution < -0.4 is 0 Å². The first-order chi connectivity index (χ1) is 11.2. The van der Waals surface area contributed by atoms with Gasteiger partial charge in [-0.25, -0.2) is 4.98 Å². The SMILES string of the molecule is O=C(c1cc2cc(Cl)ccc2[nH]1)N1CCCC(n2ccnc2)C1. The maximum absolute atomic E-state index is 12.8. The molecule has 2 aromatic heterocycles. The normalized spacial score (nSPS) is 18.5. The van der Waals surface area contributed by atoms with E-state index < -0.39 is 0 Å². The third-order valence-corrected chi connectivity index (χ3v) is 4.68. The lowest BCUT2D eigenvalue weighted by Gasteiger charge is -2.33. The van der Waals surface area contributed by atoms with Crippen LogP contribution in [0, 0.1) is 0 Å². The molecule has 0 bridgehead atoms. The van der Waals surface area contributed by atoms with Crippen LogP contribution in [0.3, 0.4) is 0 Å². The maximum atomic E-state index is 12.8. The topological polar surface area (TPSA) is 53.9 Å². The molecule has 1 fully saturated rings. The first-order valence-corrected chi connectivity index (χ1v) is 8.13. The van der Waals surface area contributed by atoms with E-state index in [0.717, 1.165) is 30.3 Å². The molecule has 1 N–H and O–H groups in total. The van der Waals surface area contributed by atoms with Gasteiger partial charge in [-0.1, -0.05) is 11.6 Å². The minimum atomic E-state index is 0.0436. The van der Waals surface area contributed by atoms with Crippen LogP contribution in [-0.4, -0.2) is 38.4 Å². The molecule has 1 aliphatic rings. The molecule has 0 saturated carbocycles. The number of amides is 1. The number of carbonyl (C=O) groups excluding carboxylic acids is 1. The summed E-state index contributed by atoms with van der Waals surface area (Å²) in [5, 5.41) is 1.64. The zero-order valence-corrected chi connectivity index (χ0v) is 13.3. The Balaban J connectivity index is 1.57. The molecule has 1 amide bonds. The molecule has 118 valence electrons. The number of likely N-dealkylation sites (tertiary alicyclic amines) is 1. The predicted molar refractivity (Wildman–Crippen MR) is 89.7 cm³/mol. The highest BCUT2D eigenvalue weighted by Crippen LogP contribution is 2.24. The summed E-state index contributed by atoms with van der Waals surface area (Å²) in [6, 6.07) is 7.77. The molecule has 5 nitrogen and oxygen atoms in total. The van der Waals surface area contributed by atoms with Crippen molar-refractivity contribution in [2.45, 2.75) is 18.9 Å². The van der Waals surface area contributed by atoms with Crippen LogP contribution in [0.15, 0.2) is 43.0 Å². The van der Waals surface area contributed by atoms with E-state index in [9.17, 15) is 4.79 Å². The van der Waals surface area contributed by atoms with Gasteiger partial charge in [-0.15, -0.1) is 0 Å². The molecule has 23 heavy (non-hydrogen) atoms. The molecule has 1 aromatic carbocycles. The third kappa shape index (κ3) is 2.72. The Hall–Kier alpha value is -2.27. The van der Waals surface area contributed by atoms with Crippen molar-refractivity contribution in [3.63, 3.8) is 0 Å². The highest BCUT2D eigenvalue weighted by molar-refractivity contribution is 6.31. The average Bonchev–Trinajstić information content (AvgIpc) is 3.23. The second-order valence-electron chi connectivity index (χ2n) is 5.97. The number of imidazole rings is 1. The summed E-state index contributed by atoms with van der Waals surface area (Å²) < 4.78 is 2.09. The summed E-state index contributed by atoms with van der Waals surface area (Å²) in [6.07, 6.45) is 7.64. The number of rotatable bonds is 2. The minimum Gasteiger partial charge on any atom is -0.351 e. The Morgan fingerprint density at radius 1 is 1.35 bits per heavy atom. The second kappa shape index (κ2) is 5.74. The molecule has 3 aromatic rings. The number of halogens is 1. The van der Waals surface area contributed by atoms with Gasteiger partial charge in [0, 0.05) is 41.4 Å². The average molecular weight is 329 g/mol. The van der Waals surface area contributed by atoms with Gasteiger partial charge in [0.1, 0.15) is 5.69 Å². The molecule has 3 heterocycles. The van der Waals surface area contributed by atoms with Gasteiger partial charge in [-0.2, -0.15) is 0 Å². The van der Waals surface area contributed by atoms with Crippen molar-refractivity contribution in [2.75, 3.05) is 13.1 Å². The monoisotopic (exact) mass is 328 g/mol. The number of nitrogens with one attached hydrogen (secondary N) is 1. The lowest BCUT2D eigenvalue weighted by molar-refractivity contribution is 0.0674. The highest BCUT2D eigenvalue weighted by Gasteiger charge is 2.26. The lowest BCUT2D eigenvalue weighted by atomic mass is 10.1. The van der Waals surface area contributed by atoms with E-state index in [1.165, 1.54) is 0 Å². The van der Waals surface area contributed by atoms with Crippen LogP contribution in [0.2, 0.25) is 5.02 Å². The number of piperidine rings is 1. The van der Waals surface area contributed by atoms with E-state index in [2.05, 4.69) is 14.5 Å². The minimum absolute atomic E-state index is 0.0436. The molecular formula is C17H17ClN4O. The van der Waals surface area contributed by atoms with E-state index in [1.807, 2.05) is 41.7 Å². The molecule has 1 unspecified atom stereocenters. The quantitative estimate of drug-likeness (QED) is 0.782. The zero-order valence-electron chi connectivity index (χ0n) is 12.6. The van der Waals surface area contributed by atoms with Crippen LogP contribution >= 0.6 is 11.6 Å². The second-order valence-corrected chi connectivity index (χ2v) is 6.41. The van der Waals surface area contributed by atoms with Crippen molar-refractivity contribution in [2.24, 2.45) is 0 Å². The molecule has 1 aliphatic heterocycles. The molecule has 1 saturated heterocycles. The van der Waals surface area contributed by atoms with Gasteiger partial charge in [-0.05, 0) is 37.1 Å². The fourth-order valence-electron chi connectivity index (χ4n) is 3.26. The van der Waals surface area contributed by atoms with Gasteiger partial charge >= 0.3 is 0 Å². The molecule has 4 rings (SSSR count). The number of aromatic nitrogens is 3. The summed E-state index contributed by atoms with van der Waals surface area (Å²) >= 11 is 6.01. The summed E-state index contributed by atoms with van der Waals surface area (Å²) in [4.78, 5) is 22.0. The number of hydrogen-bond acceptors (Lipinski definition) is 2. The zero-order chi connectivity index (χ0) is 15.8. The summed E-state index contributed by atoms with van der Waals surface area (Å²) in [5.74, 6) is 0.0436. The van der Waals surface area contributed by atoms with Gasteiger partial charge in [0.05, 0.1) is 12.4 Å². The summed E-state index contributed by atoms with van der Waals surface area (Å²) in [5.41, 5.74) is 1.55. The van der Waals surface area contributed by atoms with Crippen molar-refractivity contribution in [1.82, 2.24) is 19.4 Å². The molecule has 0 aliphatic carbocycles. The van der Waals surface area contributed by atoms with Crippen molar-refractivity contribution in [1.29, 1.82) is 0 Å². The first kappa shape index (κ1) is 14.3. The number of H-pyrrole nitrogens is 1. The summed E-state index contributed by atoms with van der Waals surface area (Å²) in [7, 11) is 0. The molecule has 0 spiro atoms. The number of benzene rings is 1. The number of hydrogen-bond donors (Lipinski definition) is 1. The van der Waals surface area contributed by atoms with E-state index in [4.69, 9.17) is 11.6 Å². The fourth-order valence-corrected chi connectivity index (χ4v) is 3.44. The Morgan fingerprint density at radius 3 is 3.09 bits per heavy atom.